The lowest BCUT2D eigenvalue weighted by atomic mass is 9.97. The molecule has 1 aromatic carbocycles. The number of rotatable bonds is 5. The molecule has 2 aromatic heterocycles. The number of imidazole rings is 1. The van der Waals surface area contributed by atoms with Crippen LogP contribution in [-0.2, 0) is 22.0 Å². The predicted octanol–water partition coefficient (Wildman–Crippen LogP) is 3.87. The molecule has 6 nitrogen and oxygen atoms in total. The van der Waals surface area contributed by atoms with Gasteiger partial charge in [-0.1, -0.05) is 51.1 Å². The molecule has 0 N–H and O–H groups in total. The topological polar surface area (TPSA) is 73.8 Å². The second-order valence-electron chi connectivity index (χ2n) is 7.63. The molecule has 4 rings (SSSR count). The summed E-state index contributed by atoms with van der Waals surface area (Å²) in [4.78, 5) is 4.48. The summed E-state index contributed by atoms with van der Waals surface area (Å²) >= 11 is 0. The molecular formula is C19H22N4O2S. The number of hydrogen-bond acceptors (Lipinski definition) is 5. The smallest absolute Gasteiger partial charge is 0.229 e. The fraction of sp³-hybridized carbons (Fsp3) is 0.421. The molecule has 0 amide bonds. The SMILES string of the molecule is CC(C)(C)c1nnc(C[S@](=O)c2ncc(-c3ccccc3)n2C2CC2)o1. The zero-order valence-electron chi connectivity index (χ0n) is 15.2. The van der Waals surface area contributed by atoms with Crippen LogP contribution in [0.25, 0.3) is 11.3 Å². The Balaban J connectivity index is 1.62. The van der Waals surface area contributed by atoms with Gasteiger partial charge in [-0.25, -0.2) is 4.98 Å². The Hall–Kier alpha value is -2.28. The monoisotopic (exact) mass is 370 g/mol. The Kier molecular flexibility index (Phi) is 4.26. The highest BCUT2D eigenvalue weighted by atomic mass is 32.2. The highest BCUT2D eigenvalue weighted by molar-refractivity contribution is 7.84. The molecular weight excluding hydrogens is 348 g/mol. The summed E-state index contributed by atoms with van der Waals surface area (Å²) in [5, 5.41) is 8.72. The maximum Gasteiger partial charge on any atom is 0.229 e. The predicted molar refractivity (Wildman–Crippen MR) is 99.0 cm³/mol. The number of benzene rings is 1. The van der Waals surface area contributed by atoms with E-state index < -0.39 is 10.8 Å². The summed E-state index contributed by atoms with van der Waals surface area (Å²) in [6, 6.07) is 10.5. The number of hydrogen-bond donors (Lipinski definition) is 0. The zero-order chi connectivity index (χ0) is 18.3. The summed E-state index contributed by atoms with van der Waals surface area (Å²) < 4.78 is 20.8. The van der Waals surface area contributed by atoms with Gasteiger partial charge in [-0.15, -0.1) is 10.2 Å². The van der Waals surface area contributed by atoms with E-state index in [-0.39, 0.29) is 11.2 Å². The summed E-state index contributed by atoms with van der Waals surface area (Å²) in [6.07, 6.45) is 4.00. The van der Waals surface area contributed by atoms with E-state index in [4.69, 9.17) is 4.42 Å². The van der Waals surface area contributed by atoms with Crippen molar-refractivity contribution in [1.82, 2.24) is 19.7 Å². The average Bonchev–Trinajstić information content (AvgIpc) is 3.16. The third kappa shape index (κ3) is 3.35. The van der Waals surface area contributed by atoms with E-state index in [0.29, 0.717) is 23.0 Å². The number of aromatic nitrogens is 4. The molecule has 2 heterocycles. The molecule has 0 bridgehead atoms. The quantitative estimate of drug-likeness (QED) is 0.681. The van der Waals surface area contributed by atoms with E-state index in [1.807, 2.05) is 45.2 Å². The van der Waals surface area contributed by atoms with Crippen LogP contribution in [0.15, 0.2) is 46.1 Å². The van der Waals surface area contributed by atoms with Crippen molar-refractivity contribution < 1.29 is 8.63 Å². The minimum Gasteiger partial charge on any atom is -0.424 e. The lowest BCUT2D eigenvalue weighted by Gasteiger charge is -2.11. The van der Waals surface area contributed by atoms with Crippen LogP contribution in [0.1, 0.15) is 51.4 Å². The van der Waals surface area contributed by atoms with Crippen molar-refractivity contribution in [2.24, 2.45) is 0 Å². The van der Waals surface area contributed by atoms with Crippen LogP contribution < -0.4 is 0 Å². The maximum atomic E-state index is 13.0. The van der Waals surface area contributed by atoms with E-state index in [1.54, 1.807) is 0 Å². The van der Waals surface area contributed by atoms with Gasteiger partial charge in [0, 0.05) is 11.5 Å². The second-order valence-corrected chi connectivity index (χ2v) is 8.98. The molecule has 7 heteroatoms. The van der Waals surface area contributed by atoms with Crippen LogP contribution in [0.3, 0.4) is 0 Å². The maximum absolute atomic E-state index is 13.0. The lowest BCUT2D eigenvalue weighted by molar-refractivity contribution is 0.378. The molecule has 1 saturated carbocycles. The first kappa shape index (κ1) is 17.1. The van der Waals surface area contributed by atoms with Gasteiger partial charge in [0.1, 0.15) is 5.75 Å². The van der Waals surface area contributed by atoms with Gasteiger partial charge in [0.25, 0.3) is 0 Å². The first-order chi connectivity index (χ1) is 12.4. The summed E-state index contributed by atoms with van der Waals surface area (Å²) in [5.74, 6) is 1.13. The summed E-state index contributed by atoms with van der Waals surface area (Å²) in [7, 11) is -1.34. The Morgan fingerprint density at radius 2 is 1.92 bits per heavy atom. The molecule has 26 heavy (non-hydrogen) atoms. The van der Waals surface area contributed by atoms with Crippen molar-refractivity contribution in [1.29, 1.82) is 0 Å². The molecule has 3 aromatic rings. The first-order valence-electron chi connectivity index (χ1n) is 8.77. The van der Waals surface area contributed by atoms with E-state index in [2.05, 4.69) is 31.9 Å². The molecule has 1 aliphatic carbocycles. The lowest BCUT2D eigenvalue weighted by Crippen LogP contribution is -2.11. The fourth-order valence-corrected chi connectivity index (χ4v) is 3.92. The van der Waals surface area contributed by atoms with Crippen molar-refractivity contribution in [2.45, 2.75) is 56.0 Å². The minimum absolute atomic E-state index is 0.182. The summed E-state index contributed by atoms with van der Waals surface area (Å²) in [5.41, 5.74) is 1.87. The van der Waals surface area contributed by atoms with Gasteiger partial charge in [-0.05, 0) is 18.4 Å². The van der Waals surface area contributed by atoms with Crippen molar-refractivity contribution >= 4 is 10.8 Å². The minimum atomic E-state index is -1.34. The van der Waals surface area contributed by atoms with Gasteiger partial charge in [-0.2, -0.15) is 0 Å². The van der Waals surface area contributed by atoms with Crippen molar-refractivity contribution in [3.8, 4) is 11.3 Å². The van der Waals surface area contributed by atoms with Crippen LogP contribution in [0, 0.1) is 0 Å². The molecule has 0 saturated heterocycles. The van der Waals surface area contributed by atoms with Gasteiger partial charge in [0.2, 0.25) is 11.8 Å². The van der Waals surface area contributed by atoms with Crippen LogP contribution in [-0.4, -0.2) is 24.0 Å². The summed E-state index contributed by atoms with van der Waals surface area (Å²) in [6.45, 7) is 6.02. The van der Waals surface area contributed by atoms with E-state index in [9.17, 15) is 4.21 Å². The Labute approximate surface area is 155 Å². The van der Waals surface area contributed by atoms with Gasteiger partial charge in [0.05, 0.1) is 22.7 Å². The normalized spacial score (nSPS) is 16.0. The third-order valence-electron chi connectivity index (χ3n) is 4.31. The van der Waals surface area contributed by atoms with Gasteiger partial charge < -0.3 is 8.98 Å². The molecule has 1 fully saturated rings. The number of nitrogens with zero attached hydrogens (tertiary/aromatic N) is 4. The largest absolute Gasteiger partial charge is 0.424 e. The molecule has 1 aliphatic rings. The van der Waals surface area contributed by atoms with Crippen molar-refractivity contribution in [2.75, 3.05) is 0 Å². The molecule has 0 unspecified atom stereocenters. The fourth-order valence-electron chi connectivity index (χ4n) is 2.81. The Bertz CT molecular complexity index is 936. The van der Waals surface area contributed by atoms with Crippen LogP contribution in [0.5, 0.6) is 0 Å². The van der Waals surface area contributed by atoms with E-state index >= 15 is 0 Å². The van der Waals surface area contributed by atoms with Crippen LogP contribution in [0.2, 0.25) is 0 Å². The highest BCUT2D eigenvalue weighted by Crippen LogP contribution is 2.40. The second kappa shape index (κ2) is 6.46. The highest BCUT2D eigenvalue weighted by Gasteiger charge is 2.31. The Morgan fingerprint density at radius 3 is 2.54 bits per heavy atom. The van der Waals surface area contributed by atoms with Crippen molar-refractivity contribution in [3.63, 3.8) is 0 Å². The van der Waals surface area contributed by atoms with Crippen LogP contribution in [0.4, 0.5) is 0 Å². The van der Waals surface area contributed by atoms with Gasteiger partial charge >= 0.3 is 0 Å². The Morgan fingerprint density at radius 1 is 1.19 bits per heavy atom. The van der Waals surface area contributed by atoms with E-state index in [0.717, 1.165) is 24.1 Å². The van der Waals surface area contributed by atoms with E-state index in [1.165, 1.54) is 0 Å². The van der Waals surface area contributed by atoms with Crippen LogP contribution >= 0.6 is 0 Å². The zero-order valence-corrected chi connectivity index (χ0v) is 16.0. The molecule has 0 radical (unpaired) electrons. The van der Waals surface area contributed by atoms with Crippen molar-refractivity contribution in [3.05, 3.63) is 48.3 Å². The first-order valence-corrected chi connectivity index (χ1v) is 10.1. The average molecular weight is 370 g/mol. The van der Waals surface area contributed by atoms with Gasteiger partial charge in [-0.3, -0.25) is 4.21 Å². The molecule has 0 spiro atoms. The van der Waals surface area contributed by atoms with Gasteiger partial charge in [0.15, 0.2) is 5.16 Å². The standard InChI is InChI=1S/C19H22N4O2S/c1-19(2,3)17-22-21-16(25-17)12-26(24)18-20-11-15(23(18)14-9-10-14)13-7-5-4-6-8-13/h4-8,11,14H,9-10,12H2,1-3H3/t26-/m0/s1. The molecule has 1 atom stereocenters. The molecule has 0 aliphatic heterocycles. The molecule has 136 valence electrons. The third-order valence-corrected chi connectivity index (χ3v) is 5.53.